The van der Waals surface area contributed by atoms with Crippen molar-refractivity contribution in [3.63, 3.8) is 0 Å². The van der Waals surface area contributed by atoms with E-state index in [1.54, 1.807) is 0 Å². The number of rotatable bonds is 4. The first-order chi connectivity index (χ1) is 6.92. The lowest BCUT2D eigenvalue weighted by Gasteiger charge is -2.54. The lowest BCUT2D eigenvalue weighted by Crippen LogP contribution is -2.48. The van der Waals surface area contributed by atoms with Crippen molar-refractivity contribution in [1.29, 1.82) is 0 Å². The lowest BCUT2D eigenvalue weighted by atomic mass is 9.51. The Morgan fingerprint density at radius 2 is 2.07 bits per heavy atom. The van der Waals surface area contributed by atoms with Crippen molar-refractivity contribution in [2.45, 2.75) is 39.0 Å². The largest absolute Gasteiger partial charge is 0.0842 e. The van der Waals surface area contributed by atoms with Crippen LogP contribution in [0.4, 0.5) is 0 Å². The van der Waals surface area contributed by atoms with Crippen LogP contribution in [0.1, 0.15) is 39.0 Å². The van der Waals surface area contributed by atoms with E-state index in [1.807, 2.05) is 0 Å². The molecule has 0 heteroatoms. The smallest absolute Gasteiger partial charge is 0.0134 e. The van der Waals surface area contributed by atoms with Gasteiger partial charge >= 0.3 is 0 Å². The van der Waals surface area contributed by atoms with E-state index in [9.17, 15) is 0 Å². The van der Waals surface area contributed by atoms with Crippen LogP contribution >= 0.6 is 0 Å². The van der Waals surface area contributed by atoms with Gasteiger partial charge in [0.2, 0.25) is 0 Å². The minimum Gasteiger partial charge on any atom is -0.0842 e. The Morgan fingerprint density at radius 1 is 1.21 bits per heavy atom. The van der Waals surface area contributed by atoms with Crippen LogP contribution in [0.2, 0.25) is 0 Å². The predicted octanol–water partition coefficient (Wildman–Crippen LogP) is 3.84. The van der Waals surface area contributed by atoms with Gasteiger partial charge in [0.1, 0.15) is 0 Å². The second kappa shape index (κ2) is 3.40. The highest BCUT2D eigenvalue weighted by Gasteiger charge is 2.56. The van der Waals surface area contributed by atoms with Gasteiger partial charge in [0, 0.05) is 0 Å². The molecule has 0 N–H and O–H groups in total. The van der Waals surface area contributed by atoms with Crippen LogP contribution in [-0.4, -0.2) is 0 Å². The number of unbranched alkanes of at least 4 members (excludes halogenated alkanes) is 2. The van der Waals surface area contributed by atoms with Crippen LogP contribution in [0.5, 0.6) is 0 Å². The standard InChI is InChI=1S/C14H21/c1-2-3-4-5-10-6-7-12-11-8-9-13(11)14(10)12/h5,8-14H,2-4,6-7H2,1H3. The molecule has 0 spiro atoms. The minimum atomic E-state index is 0.984. The molecule has 2 saturated carbocycles. The third kappa shape index (κ3) is 1.12. The summed E-state index contributed by atoms with van der Waals surface area (Å²) in [6, 6.07) is 0. The van der Waals surface area contributed by atoms with Crippen molar-refractivity contribution in [3.05, 3.63) is 18.6 Å². The Balaban J connectivity index is 1.54. The summed E-state index contributed by atoms with van der Waals surface area (Å²) < 4.78 is 0. The number of fused-ring (bicyclic) bond motifs is 4. The molecule has 0 bridgehead atoms. The van der Waals surface area contributed by atoms with Crippen LogP contribution in [0.3, 0.4) is 0 Å². The lowest BCUT2D eigenvalue weighted by molar-refractivity contribution is 0.0278. The minimum absolute atomic E-state index is 0.984. The Bertz CT molecular complexity index is 240. The highest BCUT2D eigenvalue weighted by Crippen LogP contribution is 2.63. The molecular weight excluding hydrogens is 168 g/mol. The molecule has 1 radical (unpaired) electrons. The molecule has 0 saturated heterocycles. The second-order valence-corrected chi connectivity index (χ2v) is 5.40. The molecule has 14 heavy (non-hydrogen) atoms. The van der Waals surface area contributed by atoms with Gasteiger partial charge in [-0.25, -0.2) is 0 Å². The first-order valence-corrected chi connectivity index (χ1v) is 6.43. The van der Waals surface area contributed by atoms with Gasteiger partial charge in [0.15, 0.2) is 0 Å². The Morgan fingerprint density at radius 3 is 2.79 bits per heavy atom. The molecular formula is C14H21. The van der Waals surface area contributed by atoms with E-state index in [2.05, 4.69) is 25.5 Å². The van der Waals surface area contributed by atoms with Crippen LogP contribution in [0.15, 0.2) is 12.2 Å². The molecule has 0 aromatic rings. The number of allylic oxidation sites excluding steroid dienone is 2. The predicted molar refractivity (Wildman–Crippen MR) is 59.6 cm³/mol. The molecule has 0 aliphatic heterocycles. The Hall–Kier alpha value is -0.260. The first-order valence-electron chi connectivity index (χ1n) is 6.43. The van der Waals surface area contributed by atoms with Crippen LogP contribution < -0.4 is 0 Å². The van der Waals surface area contributed by atoms with E-state index < -0.39 is 0 Å². The summed E-state index contributed by atoms with van der Waals surface area (Å²) >= 11 is 0. The summed E-state index contributed by atoms with van der Waals surface area (Å²) in [5.74, 6) is 5.17. The molecule has 0 nitrogen and oxygen atoms in total. The highest BCUT2D eigenvalue weighted by molar-refractivity contribution is 5.25. The summed E-state index contributed by atoms with van der Waals surface area (Å²) in [6.45, 7) is 2.29. The SMILES string of the molecule is CCCC[CH]C1CCC2C3C=CC3C12. The molecule has 2 fully saturated rings. The van der Waals surface area contributed by atoms with Crippen molar-refractivity contribution in [2.24, 2.45) is 29.6 Å². The molecule has 3 aliphatic rings. The van der Waals surface area contributed by atoms with Crippen LogP contribution in [0, 0.1) is 36.0 Å². The van der Waals surface area contributed by atoms with Crippen molar-refractivity contribution < 1.29 is 0 Å². The monoisotopic (exact) mass is 189 g/mol. The second-order valence-electron chi connectivity index (χ2n) is 5.40. The van der Waals surface area contributed by atoms with E-state index in [1.165, 1.54) is 32.1 Å². The normalized spacial score (nSPS) is 47.9. The van der Waals surface area contributed by atoms with Gasteiger partial charge in [-0.1, -0.05) is 31.9 Å². The zero-order valence-electron chi connectivity index (χ0n) is 9.15. The summed E-state index contributed by atoms with van der Waals surface area (Å²) in [6.07, 6.45) is 14.7. The van der Waals surface area contributed by atoms with E-state index >= 15 is 0 Å². The summed E-state index contributed by atoms with van der Waals surface area (Å²) in [4.78, 5) is 0. The first kappa shape index (κ1) is 9.00. The number of hydrogen-bond donors (Lipinski definition) is 0. The molecule has 0 heterocycles. The summed E-state index contributed by atoms with van der Waals surface area (Å²) in [5, 5.41) is 0. The molecule has 5 atom stereocenters. The fourth-order valence-corrected chi connectivity index (χ4v) is 3.95. The van der Waals surface area contributed by atoms with Crippen molar-refractivity contribution in [1.82, 2.24) is 0 Å². The highest BCUT2D eigenvalue weighted by atomic mass is 14.6. The Kier molecular flexibility index (Phi) is 2.18. The van der Waals surface area contributed by atoms with Crippen LogP contribution in [0.25, 0.3) is 0 Å². The molecule has 3 aliphatic carbocycles. The van der Waals surface area contributed by atoms with Gasteiger partial charge in [0.25, 0.3) is 0 Å². The van der Waals surface area contributed by atoms with Gasteiger partial charge < -0.3 is 0 Å². The fraction of sp³-hybridized carbons (Fsp3) is 0.786. The van der Waals surface area contributed by atoms with E-state index in [0.29, 0.717) is 0 Å². The van der Waals surface area contributed by atoms with E-state index in [-0.39, 0.29) is 0 Å². The average Bonchev–Trinajstić information content (AvgIpc) is 2.47. The van der Waals surface area contributed by atoms with E-state index in [4.69, 9.17) is 0 Å². The zero-order chi connectivity index (χ0) is 9.54. The van der Waals surface area contributed by atoms with Gasteiger partial charge in [-0.3, -0.25) is 0 Å². The van der Waals surface area contributed by atoms with Crippen LogP contribution in [-0.2, 0) is 0 Å². The molecule has 0 aromatic heterocycles. The van der Waals surface area contributed by atoms with Gasteiger partial charge in [-0.05, 0) is 55.3 Å². The van der Waals surface area contributed by atoms with Gasteiger partial charge in [-0.15, -0.1) is 0 Å². The fourth-order valence-electron chi connectivity index (χ4n) is 3.95. The van der Waals surface area contributed by atoms with Crippen molar-refractivity contribution in [3.8, 4) is 0 Å². The molecule has 5 unspecified atom stereocenters. The third-order valence-corrected chi connectivity index (χ3v) is 4.79. The Labute approximate surface area is 87.8 Å². The van der Waals surface area contributed by atoms with Gasteiger partial charge in [-0.2, -0.15) is 0 Å². The quantitative estimate of drug-likeness (QED) is 0.465. The summed E-state index contributed by atoms with van der Waals surface area (Å²) in [5.41, 5.74) is 0. The average molecular weight is 189 g/mol. The molecule has 0 aromatic carbocycles. The summed E-state index contributed by atoms with van der Waals surface area (Å²) in [7, 11) is 0. The van der Waals surface area contributed by atoms with Crippen molar-refractivity contribution >= 4 is 0 Å². The molecule has 77 valence electrons. The molecule has 3 rings (SSSR count). The van der Waals surface area contributed by atoms with Crippen molar-refractivity contribution in [2.75, 3.05) is 0 Å². The zero-order valence-corrected chi connectivity index (χ0v) is 9.15. The van der Waals surface area contributed by atoms with E-state index in [0.717, 1.165) is 29.6 Å². The maximum absolute atomic E-state index is 2.65. The maximum atomic E-state index is 2.65. The maximum Gasteiger partial charge on any atom is -0.0134 e. The third-order valence-electron chi connectivity index (χ3n) is 4.79. The molecule has 0 amide bonds. The van der Waals surface area contributed by atoms with Gasteiger partial charge in [0.05, 0.1) is 0 Å². The number of hydrogen-bond acceptors (Lipinski definition) is 0. The topological polar surface area (TPSA) is 0 Å².